The first-order valence-electron chi connectivity index (χ1n) is 9.31. The molecule has 1 atom stereocenters. The number of hydrogen-bond donors (Lipinski definition) is 0. The Morgan fingerprint density at radius 3 is 3.00 bits per heavy atom. The quantitative estimate of drug-likeness (QED) is 0.783. The SMILES string of the molecule is COc1ncccc1C(=O)N1CC2(C[C@H](OCC3CCOCC3)CS2)C1. The number of carbonyl (C=O) groups is 1. The molecular weight excluding hydrogens is 352 g/mol. The minimum Gasteiger partial charge on any atom is -0.480 e. The molecule has 1 amide bonds. The van der Waals surface area contributed by atoms with E-state index in [9.17, 15) is 4.79 Å². The predicted octanol–water partition coefficient (Wildman–Crippen LogP) is 2.23. The second kappa shape index (κ2) is 7.74. The van der Waals surface area contributed by atoms with Gasteiger partial charge in [-0.15, -0.1) is 11.8 Å². The summed E-state index contributed by atoms with van der Waals surface area (Å²) < 4.78 is 17.0. The maximum Gasteiger partial charge on any atom is 0.259 e. The second-order valence-electron chi connectivity index (χ2n) is 7.43. The summed E-state index contributed by atoms with van der Waals surface area (Å²) in [5, 5.41) is 0. The van der Waals surface area contributed by atoms with Crippen LogP contribution < -0.4 is 4.74 Å². The predicted molar refractivity (Wildman–Crippen MR) is 99.8 cm³/mol. The van der Waals surface area contributed by atoms with Gasteiger partial charge >= 0.3 is 0 Å². The highest BCUT2D eigenvalue weighted by atomic mass is 32.2. The molecule has 1 aromatic heterocycles. The Morgan fingerprint density at radius 2 is 2.23 bits per heavy atom. The third kappa shape index (κ3) is 3.70. The Kier molecular flexibility index (Phi) is 5.38. The van der Waals surface area contributed by atoms with Crippen molar-refractivity contribution in [2.45, 2.75) is 30.1 Å². The van der Waals surface area contributed by atoms with Crippen LogP contribution in [0, 0.1) is 5.92 Å². The molecule has 1 spiro atoms. The van der Waals surface area contributed by atoms with Gasteiger partial charge in [0.05, 0.1) is 18.0 Å². The number of nitrogens with zero attached hydrogens (tertiary/aromatic N) is 2. The van der Waals surface area contributed by atoms with Crippen LogP contribution in [0.25, 0.3) is 0 Å². The lowest BCUT2D eigenvalue weighted by atomic mass is 9.92. The number of ether oxygens (including phenoxy) is 3. The summed E-state index contributed by atoms with van der Waals surface area (Å²) in [6.07, 6.45) is 5.21. The Morgan fingerprint density at radius 1 is 1.42 bits per heavy atom. The van der Waals surface area contributed by atoms with Crippen molar-refractivity contribution in [3.8, 4) is 5.88 Å². The van der Waals surface area contributed by atoms with E-state index < -0.39 is 0 Å². The van der Waals surface area contributed by atoms with Crippen LogP contribution in [0.4, 0.5) is 0 Å². The molecule has 0 aromatic carbocycles. The maximum atomic E-state index is 12.7. The number of aromatic nitrogens is 1. The van der Waals surface area contributed by atoms with Gasteiger partial charge in [-0.25, -0.2) is 4.98 Å². The van der Waals surface area contributed by atoms with Gasteiger partial charge in [-0.1, -0.05) is 0 Å². The zero-order chi connectivity index (χ0) is 18.0. The van der Waals surface area contributed by atoms with Crippen LogP contribution in [0.5, 0.6) is 5.88 Å². The minimum absolute atomic E-state index is 0.00717. The van der Waals surface area contributed by atoms with Crippen LogP contribution in [0.15, 0.2) is 18.3 Å². The molecule has 4 rings (SSSR count). The number of carbonyl (C=O) groups excluding carboxylic acids is 1. The zero-order valence-electron chi connectivity index (χ0n) is 15.2. The molecule has 3 fully saturated rings. The van der Waals surface area contributed by atoms with Crippen molar-refractivity contribution >= 4 is 17.7 Å². The average Bonchev–Trinajstić information content (AvgIpc) is 3.10. The molecule has 142 valence electrons. The highest BCUT2D eigenvalue weighted by Gasteiger charge is 2.51. The molecule has 0 aliphatic carbocycles. The fraction of sp³-hybridized carbons (Fsp3) is 0.684. The molecule has 4 heterocycles. The maximum absolute atomic E-state index is 12.7. The average molecular weight is 378 g/mol. The number of likely N-dealkylation sites (tertiary alicyclic amines) is 1. The third-order valence-corrected chi connectivity index (χ3v) is 7.10. The van der Waals surface area contributed by atoms with E-state index in [1.165, 1.54) is 0 Å². The first kappa shape index (κ1) is 18.1. The number of methoxy groups -OCH3 is 1. The Bertz CT molecular complexity index is 644. The highest BCUT2D eigenvalue weighted by molar-refractivity contribution is 8.01. The van der Waals surface area contributed by atoms with E-state index >= 15 is 0 Å². The molecule has 0 N–H and O–H groups in total. The molecule has 3 aliphatic rings. The minimum atomic E-state index is 0.00717. The van der Waals surface area contributed by atoms with Crippen molar-refractivity contribution in [2.75, 3.05) is 45.8 Å². The van der Waals surface area contributed by atoms with Gasteiger partial charge in [0, 0.05) is 44.9 Å². The smallest absolute Gasteiger partial charge is 0.259 e. The van der Waals surface area contributed by atoms with Crippen LogP contribution in [-0.4, -0.2) is 72.4 Å². The summed E-state index contributed by atoms with van der Waals surface area (Å²) in [6, 6.07) is 3.55. The van der Waals surface area contributed by atoms with Crippen molar-refractivity contribution < 1.29 is 19.0 Å². The molecule has 0 radical (unpaired) electrons. The summed E-state index contributed by atoms with van der Waals surface area (Å²) in [5.41, 5.74) is 0.542. The Labute approximate surface area is 158 Å². The number of pyridine rings is 1. The van der Waals surface area contributed by atoms with Gasteiger partial charge in [0.2, 0.25) is 5.88 Å². The van der Waals surface area contributed by atoms with Gasteiger partial charge in [-0.3, -0.25) is 4.79 Å². The van der Waals surface area contributed by atoms with E-state index in [4.69, 9.17) is 14.2 Å². The third-order valence-electron chi connectivity index (χ3n) is 5.52. The van der Waals surface area contributed by atoms with Crippen molar-refractivity contribution in [2.24, 2.45) is 5.92 Å². The summed E-state index contributed by atoms with van der Waals surface area (Å²) in [7, 11) is 1.55. The van der Waals surface area contributed by atoms with Crippen molar-refractivity contribution in [1.29, 1.82) is 0 Å². The molecule has 0 saturated carbocycles. The number of thioether (sulfide) groups is 1. The summed E-state index contributed by atoms with van der Waals surface area (Å²) in [4.78, 5) is 18.7. The largest absolute Gasteiger partial charge is 0.480 e. The molecule has 3 saturated heterocycles. The standard InChI is InChI=1S/C19H26N2O4S/c1-23-17-16(3-2-6-20-17)18(22)21-12-19(13-21)9-15(11-26-19)25-10-14-4-7-24-8-5-14/h2-3,6,14-15H,4-5,7-13H2,1H3/t15-/m0/s1. The molecule has 1 aromatic rings. The summed E-state index contributed by atoms with van der Waals surface area (Å²) >= 11 is 1.96. The van der Waals surface area contributed by atoms with Crippen LogP contribution >= 0.6 is 11.8 Å². The highest BCUT2D eigenvalue weighted by Crippen LogP contribution is 2.46. The van der Waals surface area contributed by atoms with E-state index in [-0.39, 0.29) is 10.7 Å². The molecule has 6 nitrogen and oxygen atoms in total. The topological polar surface area (TPSA) is 60.9 Å². The molecule has 7 heteroatoms. The monoisotopic (exact) mass is 378 g/mol. The fourth-order valence-electron chi connectivity index (χ4n) is 3.99. The number of hydrogen-bond acceptors (Lipinski definition) is 6. The second-order valence-corrected chi connectivity index (χ2v) is 8.92. The van der Waals surface area contributed by atoms with Crippen molar-refractivity contribution in [3.63, 3.8) is 0 Å². The molecule has 3 aliphatic heterocycles. The number of rotatable bonds is 5. The van der Waals surface area contributed by atoms with Crippen LogP contribution in [0.3, 0.4) is 0 Å². The van der Waals surface area contributed by atoms with Gasteiger partial charge in [-0.05, 0) is 37.3 Å². The Hall–Kier alpha value is -1.31. The summed E-state index contributed by atoms with van der Waals surface area (Å²) in [6.45, 7) is 4.15. The lowest BCUT2D eigenvalue weighted by Gasteiger charge is -2.47. The normalized spacial score (nSPS) is 25.3. The lowest BCUT2D eigenvalue weighted by molar-refractivity contribution is -0.0118. The van der Waals surface area contributed by atoms with Gasteiger partial charge < -0.3 is 19.1 Å². The fourth-order valence-corrected chi connectivity index (χ4v) is 5.55. The first-order valence-corrected chi connectivity index (χ1v) is 10.3. The zero-order valence-corrected chi connectivity index (χ0v) is 16.0. The van der Waals surface area contributed by atoms with Crippen LogP contribution in [0.2, 0.25) is 0 Å². The molecule has 26 heavy (non-hydrogen) atoms. The van der Waals surface area contributed by atoms with Crippen molar-refractivity contribution in [1.82, 2.24) is 9.88 Å². The van der Waals surface area contributed by atoms with Gasteiger partial charge in [0.15, 0.2) is 0 Å². The van der Waals surface area contributed by atoms with Gasteiger partial charge in [0.25, 0.3) is 5.91 Å². The molecular formula is C19H26N2O4S. The van der Waals surface area contributed by atoms with E-state index in [0.717, 1.165) is 57.9 Å². The number of amides is 1. The van der Waals surface area contributed by atoms with Gasteiger partial charge in [-0.2, -0.15) is 0 Å². The van der Waals surface area contributed by atoms with E-state index in [0.29, 0.717) is 23.5 Å². The van der Waals surface area contributed by atoms with Crippen molar-refractivity contribution in [3.05, 3.63) is 23.9 Å². The van der Waals surface area contributed by atoms with Crippen LogP contribution in [-0.2, 0) is 9.47 Å². The summed E-state index contributed by atoms with van der Waals surface area (Å²) in [5.74, 6) is 2.08. The first-order chi connectivity index (χ1) is 12.7. The molecule has 0 unspecified atom stereocenters. The van der Waals surface area contributed by atoms with Crippen LogP contribution in [0.1, 0.15) is 29.6 Å². The Balaban J connectivity index is 1.27. The van der Waals surface area contributed by atoms with E-state index in [1.54, 1.807) is 25.4 Å². The van der Waals surface area contributed by atoms with Gasteiger partial charge in [0.1, 0.15) is 5.56 Å². The molecule has 0 bridgehead atoms. The van der Waals surface area contributed by atoms with E-state index in [1.807, 2.05) is 16.7 Å². The van der Waals surface area contributed by atoms with E-state index in [2.05, 4.69) is 4.98 Å². The lowest BCUT2D eigenvalue weighted by Crippen LogP contribution is -2.60.